The van der Waals surface area contributed by atoms with Crippen LogP contribution in [0.5, 0.6) is 11.5 Å². The number of carbonyl (C=O) groups is 2. The van der Waals surface area contributed by atoms with E-state index >= 15 is 0 Å². The largest absolute Gasteiger partial charge is 0.494 e. The Morgan fingerprint density at radius 1 is 1.03 bits per heavy atom. The van der Waals surface area contributed by atoms with Gasteiger partial charge < -0.3 is 19.5 Å². The standard InChI is InChI=1S/C25H25NO5/c1-5-30-15-11-12-18(19(13-15)31-6-2)21-20(25(28)29-4)14(3)26-23-16-9-7-8-10-17(16)24(27)22(21)23/h7-13,21,26H,5-6H2,1-4H3/t21-/m1/s1. The Labute approximate surface area is 181 Å². The van der Waals surface area contributed by atoms with Crippen LogP contribution in [0.4, 0.5) is 0 Å². The topological polar surface area (TPSA) is 73.9 Å². The second kappa shape index (κ2) is 8.30. The lowest BCUT2D eigenvalue weighted by molar-refractivity contribution is -0.136. The molecule has 0 spiro atoms. The summed E-state index contributed by atoms with van der Waals surface area (Å²) in [5.74, 6) is 0.0279. The lowest BCUT2D eigenvalue weighted by Crippen LogP contribution is -2.29. The number of benzene rings is 2. The molecule has 6 heteroatoms. The molecule has 6 nitrogen and oxygen atoms in total. The van der Waals surface area contributed by atoms with Gasteiger partial charge in [0.05, 0.1) is 37.5 Å². The van der Waals surface area contributed by atoms with Gasteiger partial charge in [-0.05, 0) is 26.8 Å². The predicted octanol–water partition coefficient (Wildman–Crippen LogP) is 4.23. The number of ketones is 1. The summed E-state index contributed by atoms with van der Waals surface area (Å²) >= 11 is 0. The Morgan fingerprint density at radius 2 is 1.74 bits per heavy atom. The Bertz CT molecular complexity index is 1130. The Hall–Kier alpha value is -3.54. The third-order valence-corrected chi connectivity index (χ3v) is 5.56. The first kappa shape index (κ1) is 20.7. The zero-order chi connectivity index (χ0) is 22.1. The van der Waals surface area contributed by atoms with Gasteiger partial charge in [-0.1, -0.05) is 30.3 Å². The summed E-state index contributed by atoms with van der Waals surface area (Å²) in [6, 6.07) is 13.0. The van der Waals surface area contributed by atoms with Crippen LogP contribution < -0.4 is 14.8 Å². The molecule has 0 fully saturated rings. The number of ether oxygens (including phenoxy) is 3. The van der Waals surface area contributed by atoms with Crippen LogP contribution >= 0.6 is 0 Å². The second-order valence-electron chi connectivity index (χ2n) is 7.32. The highest BCUT2D eigenvalue weighted by atomic mass is 16.5. The zero-order valence-electron chi connectivity index (χ0n) is 18.1. The summed E-state index contributed by atoms with van der Waals surface area (Å²) in [5.41, 5.74) is 4.47. The maximum Gasteiger partial charge on any atom is 0.336 e. The molecule has 1 heterocycles. The third-order valence-electron chi connectivity index (χ3n) is 5.56. The van der Waals surface area contributed by atoms with Crippen molar-refractivity contribution in [2.24, 2.45) is 0 Å². The summed E-state index contributed by atoms with van der Waals surface area (Å²) in [7, 11) is 1.34. The van der Waals surface area contributed by atoms with Gasteiger partial charge in [-0.2, -0.15) is 0 Å². The number of dihydropyridines is 1. The maximum atomic E-state index is 13.5. The first-order valence-electron chi connectivity index (χ1n) is 10.4. The summed E-state index contributed by atoms with van der Waals surface area (Å²) in [5, 5.41) is 3.29. The minimum Gasteiger partial charge on any atom is -0.494 e. The van der Waals surface area contributed by atoms with Gasteiger partial charge in [0.15, 0.2) is 5.78 Å². The van der Waals surface area contributed by atoms with Crippen LogP contribution in [0.15, 0.2) is 59.3 Å². The van der Waals surface area contributed by atoms with Crippen LogP contribution in [0.3, 0.4) is 0 Å². The van der Waals surface area contributed by atoms with Crippen LogP contribution in [0.25, 0.3) is 5.70 Å². The fraction of sp³-hybridized carbons (Fsp3) is 0.280. The number of fused-ring (bicyclic) bond motifs is 2. The summed E-state index contributed by atoms with van der Waals surface area (Å²) in [6.45, 7) is 6.58. The van der Waals surface area contributed by atoms with E-state index in [1.807, 2.05) is 57.2 Å². The molecule has 0 bridgehead atoms. The van der Waals surface area contributed by atoms with Gasteiger partial charge in [0.25, 0.3) is 0 Å². The summed E-state index contributed by atoms with van der Waals surface area (Å²) < 4.78 is 16.7. The molecule has 31 heavy (non-hydrogen) atoms. The zero-order valence-corrected chi connectivity index (χ0v) is 18.1. The van der Waals surface area contributed by atoms with Gasteiger partial charge in [-0.3, -0.25) is 4.79 Å². The number of Topliss-reactive ketones (excluding diaryl/α,β-unsaturated/α-hetero) is 1. The molecule has 1 atom stereocenters. The number of hydrogen-bond donors (Lipinski definition) is 1. The molecule has 2 aliphatic rings. The highest BCUT2D eigenvalue weighted by molar-refractivity contribution is 6.23. The molecule has 0 saturated heterocycles. The molecule has 0 radical (unpaired) electrons. The van der Waals surface area contributed by atoms with Crippen LogP contribution in [-0.4, -0.2) is 32.1 Å². The first-order chi connectivity index (χ1) is 15.0. The number of methoxy groups -OCH3 is 1. The molecule has 0 aromatic heterocycles. The highest BCUT2D eigenvalue weighted by Gasteiger charge is 2.43. The number of rotatable bonds is 6. The van der Waals surface area contributed by atoms with E-state index in [0.29, 0.717) is 47.1 Å². The summed E-state index contributed by atoms with van der Waals surface area (Å²) in [6.07, 6.45) is 0. The number of allylic oxidation sites excluding steroid dienone is 2. The van der Waals surface area contributed by atoms with E-state index in [1.54, 1.807) is 6.07 Å². The number of nitrogens with one attached hydrogen (secondary N) is 1. The average molecular weight is 419 g/mol. The van der Waals surface area contributed by atoms with Crippen molar-refractivity contribution in [3.05, 3.63) is 76.0 Å². The van der Waals surface area contributed by atoms with Crippen LogP contribution in [0.1, 0.15) is 48.2 Å². The van der Waals surface area contributed by atoms with Gasteiger partial charge in [-0.25, -0.2) is 4.79 Å². The monoisotopic (exact) mass is 419 g/mol. The van der Waals surface area contributed by atoms with E-state index in [2.05, 4.69) is 5.32 Å². The smallest absolute Gasteiger partial charge is 0.336 e. The maximum absolute atomic E-state index is 13.5. The lowest BCUT2D eigenvalue weighted by Gasteiger charge is -2.30. The van der Waals surface area contributed by atoms with Crippen molar-refractivity contribution in [3.8, 4) is 11.5 Å². The van der Waals surface area contributed by atoms with Crippen LogP contribution in [0.2, 0.25) is 0 Å². The van der Waals surface area contributed by atoms with E-state index in [0.717, 1.165) is 16.8 Å². The lowest BCUT2D eigenvalue weighted by atomic mass is 9.79. The average Bonchev–Trinajstić information content (AvgIpc) is 3.05. The molecule has 1 aliphatic heterocycles. The molecular weight excluding hydrogens is 394 g/mol. The molecule has 0 unspecified atom stereocenters. The molecule has 1 N–H and O–H groups in total. The normalized spacial score (nSPS) is 17.2. The molecule has 1 aliphatic carbocycles. The van der Waals surface area contributed by atoms with E-state index < -0.39 is 11.9 Å². The first-order valence-corrected chi connectivity index (χ1v) is 10.4. The fourth-order valence-electron chi connectivity index (χ4n) is 4.31. The summed E-state index contributed by atoms with van der Waals surface area (Å²) in [4.78, 5) is 26.3. The van der Waals surface area contributed by atoms with Gasteiger partial charge in [-0.15, -0.1) is 0 Å². The molecule has 4 rings (SSSR count). The fourth-order valence-corrected chi connectivity index (χ4v) is 4.31. The van der Waals surface area contributed by atoms with Crippen molar-refractivity contribution in [2.75, 3.05) is 20.3 Å². The van der Waals surface area contributed by atoms with Crippen LogP contribution in [0, 0.1) is 0 Å². The van der Waals surface area contributed by atoms with E-state index in [4.69, 9.17) is 14.2 Å². The van der Waals surface area contributed by atoms with Crippen molar-refractivity contribution in [1.29, 1.82) is 0 Å². The quantitative estimate of drug-likeness (QED) is 0.707. The van der Waals surface area contributed by atoms with Gasteiger partial charge in [0.1, 0.15) is 11.5 Å². The minimum atomic E-state index is -0.624. The third kappa shape index (κ3) is 3.38. The highest BCUT2D eigenvalue weighted by Crippen LogP contribution is 2.49. The van der Waals surface area contributed by atoms with Gasteiger partial charge in [0.2, 0.25) is 0 Å². The molecule has 0 amide bonds. The minimum absolute atomic E-state index is 0.103. The van der Waals surface area contributed by atoms with E-state index in [1.165, 1.54) is 7.11 Å². The SMILES string of the molecule is CCOc1ccc([C@@H]2C(C(=O)OC)=C(C)NC3=C2C(=O)c2ccccc23)c(OCC)c1. The van der Waals surface area contributed by atoms with Crippen molar-refractivity contribution < 1.29 is 23.8 Å². The Kier molecular flexibility index (Phi) is 5.55. The number of carbonyl (C=O) groups excluding carboxylic acids is 2. The van der Waals surface area contributed by atoms with Crippen molar-refractivity contribution in [1.82, 2.24) is 5.32 Å². The van der Waals surface area contributed by atoms with Crippen molar-refractivity contribution >= 4 is 17.4 Å². The number of esters is 1. The van der Waals surface area contributed by atoms with E-state index in [-0.39, 0.29) is 5.78 Å². The molecular formula is C25H25NO5. The van der Waals surface area contributed by atoms with E-state index in [9.17, 15) is 9.59 Å². The van der Waals surface area contributed by atoms with Crippen molar-refractivity contribution in [3.63, 3.8) is 0 Å². The molecule has 2 aromatic carbocycles. The molecule has 0 saturated carbocycles. The Morgan fingerprint density at radius 3 is 2.42 bits per heavy atom. The second-order valence-corrected chi connectivity index (χ2v) is 7.32. The van der Waals surface area contributed by atoms with Crippen LogP contribution in [-0.2, 0) is 9.53 Å². The number of hydrogen-bond acceptors (Lipinski definition) is 6. The predicted molar refractivity (Wildman–Crippen MR) is 117 cm³/mol. The Balaban J connectivity index is 1.95. The molecule has 2 aromatic rings. The van der Waals surface area contributed by atoms with Crippen molar-refractivity contribution in [2.45, 2.75) is 26.7 Å². The molecule has 160 valence electrons. The van der Waals surface area contributed by atoms with Gasteiger partial charge >= 0.3 is 5.97 Å². The van der Waals surface area contributed by atoms with Gasteiger partial charge in [0, 0.05) is 34.0 Å².